The molecular formula is C34H31F2N7O3Si. The first-order valence-corrected chi connectivity index (χ1v) is 16.7. The first-order chi connectivity index (χ1) is 22.6. The molecule has 10 nitrogen and oxygen atoms in total. The van der Waals surface area contributed by atoms with Crippen LogP contribution in [0.25, 0.3) is 17.2 Å². The van der Waals surface area contributed by atoms with Crippen molar-refractivity contribution in [2.45, 2.75) is 31.9 Å². The molecule has 0 saturated carbocycles. The number of hydrogen-bond acceptors (Lipinski definition) is 8. The number of anilines is 1. The molecule has 13 heteroatoms. The van der Waals surface area contributed by atoms with Gasteiger partial charge in [-0.15, -0.1) is 0 Å². The molecule has 0 bridgehead atoms. The highest BCUT2D eigenvalue weighted by atomic mass is 28.4. The smallest absolute Gasteiger partial charge is 0.329 e. The topological polar surface area (TPSA) is 120 Å². The van der Waals surface area contributed by atoms with E-state index in [1.165, 1.54) is 41.1 Å². The number of halogens is 2. The molecule has 0 aliphatic heterocycles. The molecule has 0 amide bonds. The van der Waals surface area contributed by atoms with Crippen LogP contribution in [0.3, 0.4) is 0 Å². The van der Waals surface area contributed by atoms with Crippen molar-refractivity contribution in [3.63, 3.8) is 0 Å². The van der Waals surface area contributed by atoms with Crippen molar-refractivity contribution in [2.24, 2.45) is 0 Å². The van der Waals surface area contributed by atoms with Crippen LogP contribution >= 0.6 is 0 Å². The summed E-state index contributed by atoms with van der Waals surface area (Å²) < 4.78 is 36.8. The Hall–Kier alpha value is -5.40. The Labute approximate surface area is 270 Å². The van der Waals surface area contributed by atoms with Crippen molar-refractivity contribution in [1.29, 1.82) is 0 Å². The summed E-state index contributed by atoms with van der Waals surface area (Å²) in [5, 5.41) is 17.1. The van der Waals surface area contributed by atoms with Gasteiger partial charge in [0.15, 0.2) is 5.82 Å². The predicted molar refractivity (Wildman–Crippen MR) is 177 cm³/mol. The molecule has 0 aliphatic rings. The maximum atomic E-state index is 14.1. The number of nitrogens with one attached hydrogen (secondary N) is 1. The molecule has 47 heavy (non-hydrogen) atoms. The summed E-state index contributed by atoms with van der Waals surface area (Å²) in [4.78, 5) is 28.9. The molecule has 0 saturated heterocycles. The number of hydrogen-bond donors (Lipinski definition) is 1. The molecule has 1 atom stereocenters. The second-order valence-corrected chi connectivity index (χ2v) is 16.3. The highest BCUT2D eigenvalue weighted by molar-refractivity contribution is 6.99. The molecule has 6 aromatic rings. The lowest BCUT2D eigenvalue weighted by Crippen LogP contribution is -2.67. The second-order valence-electron chi connectivity index (χ2n) is 12.0. The minimum atomic E-state index is -3.05. The lowest BCUT2D eigenvalue weighted by atomic mass is 10.2. The first-order valence-electron chi connectivity index (χ1n) is 14.8. The van der Waals surface area contributed by atoms with Gasteiger partial charge in [0.2, 0.25) is 5.82 Å². The third-order valence-electron chi connectivity index (χ3n) is 7.97. The fourth-order valence-corrected chi connectivity index (χ4v) is 10.4. The van der Waals surface area contributed by atoms with E-state index in [0.717, 1.165) is 22.8 Å². The first kappa shape index (κ1) is 31.6. The summed E-state index contributed by atoms with van der Waals surface area (Å²) in [5.41, 5.74) is 0.768. The molecule has 0 radical (unpaired) electrons. The minimum Gasteiger partial charge on any atom is -0.405 e. The Morgan fingerprint density at radius 3 is 2.13 bits per heavy atom. The van der Waals surface area contributed by atoms with Gasteiger partial charge in [-0.25, -0.2) is 23.7 Å². The number of aromatic nitrogens is 5. The van der Waals surface area contributed by atoms with E-state index >= 15 is 0 Å². The molecule has 238 valence electrons. The zero-order valence-electron chi connectivity index (χ0n) is 25.8. The molecule has 1 unspecified atom stereocenters. The van der Waals surface area contributed by atoms with Crippen molar-refractivity contribution in [2.75, 3.05) is 11.9 Å². The van der Waals surface area contributed by atoms with Crippen LogP contribution in [0.2, 0.25) is 5.04 Å². The number of fused-ring (bicyclic) bond motifs is 1. The van der Waals surface area contributed by atoms with Gasteiger partial charge < -0.3 is 9.74 Å². The predicted octanol–water partition coefficient (Wildman–Crippen LogP) is 6.10. The quantitative estimate of drug-likeness (QED) is 0.107. The van der Waals surface area contributed by atoms with Crippen LogP contribution in [-0.4, -0.2) is 44.2 Å². The largest absolute Gasteiger partial charge is 0.405 e. The molecule has 4 aromatic heterocycles. The summed E-state index contributed by atoms with van der Waals surface area (Å²) in [6, 6.07) is 24.8. The van der Waals surface area contributed by atoms with E-state index in [9.17, 15) is 18.9 Å². The number of pyridine rings is 2. The van der Waals surface area contributed by atoms with E-state index in [4.69, 9.17) is 4.43 Å². The molecule has 0 aliphatic carbocycles. The molecule has 0 fully saturated rings. The third-order valence-corrected chi connectivity index (χ3v) is 13.0. The summed E-state index contributed by atoms with van der Waals surface area (Å²) in [6.07, 6.45) is 4.87. The van der Waals surface area contributed by atoms with Crippen LogP contribution in [0.4, 0.5) is 20.3 Å². The van der Waals surface area contributed by atoms with Crippen molar-refractivity contribution in [1.82, 2.24) is 24.3 Å². The van der Waals surface area contributed by atoms with Gasteiger partial charge >= 0.3 is 5.69 Å². The van der Waals surface area contributed by atoms with Crippen LogP contribution in [-0.2, 0) is 4.43 Å². The maximum absolute atomic E-state index is 14.1. The summed E-state index contributed by atoms with van der Waals surface area (Å²) >= 11 is 0. The third kappa shape index (κ3) is 6.22. The minimum absolute atomic E-state index is 0.00320. The van der Waals surface area contributed by atoms with Gasteiger partial charge in [-0.1, -0.05) is 81.4 Å². The zero-order chi connectivity index (χ0) is 33.2. The van der Waals surface area contributed by atoms with Gasteiger partial charge in [-0.05, 0) is 39.7 Å². The number of nitrogens with zero attached hydrogens (tertiary/aromatic N) is 6. The van der Waals surface area contributed by atoms with Gasteiger partial charge in [0.05, 0.1) is 35.7 Å². The average molecular weight is 652 g/mol. The van der Waals surface area contributed by atoms with Gasteiger partial charge in [-0.3, -0.25) is 19.5 Å². The molecule has 2 aromatic carbocycles. The monoisotopic (exact) mass is 651 g/mol. The molecule has 6 rings (SSSR count). The SMILES string of the molecule is CC(C)(C)[Si](OCC(Nc1nc(-c2cnc3ccc(F)cn23)ncc1[N+](=O)[O-])c1ccc(F)cn1)(c1ccccc1)c1ccccc1. The van der Waals surface area contributed by atoms with E-state index < -0.39 is 36.6 Å². The molecule has 0 spiro atoms. The Bertz CT molecular complexity index is 1980. The summed E-state index contributed by atoms with van der Waals surface area (Å²) in [5.74, 6) is -1.07. The molecule has 4 heterocycles. The van der Waals surface area contributed by atoms with Crippen LogP contribution in [0.15, 0.2) is 110 Å². The fraction of sp³-hybridized carbons (Fsp3) is 0.176. The highest BCUT2D eigenvalue weighted by Gasteiger charge is 2.50. The molecule has 1 N–H and O–H groups in total. The number of nitro groups is 1. The Morgan fingerprint density at radius 1 is 0.872 bits per heavy atom. The van der Waals surface area contributed by atoms with Crippen LogP contribution in [0.5, 0.6) is 0 Å². The van der Waals surface area contributed by atoms with Crippen LogP contribution < -0.4 is 15.7 Å². The van der Waals surface area contributed by atoms with Crippen molar-refractivity contribution in [3.05, 3.63) is 137 Å². The van der Waals surface area contributed by atoms with Crippen LogP contribution in [0, 0.1) is 21.7 Å². The van der Waals surface area contributed by atoms with Gasteiger partial charge in [0.1, 0.15) is 29.2 Å². The van der Waals surface area contributed by atoms with Crippen molar-refractivity contribution >= 4 is 35.8 Å². The normalized spacial score (nSPS) is 12.6. The lowest BCUT2D eigenvalue weighted by molar-refractivity contribution is -0.384. The maximum Gasteiger partial charge on any atom is 0.329 e. The van der Waals surface area contributed by atoms with E-state index in [2.05, 4.69) is 70.3 Å². The summed E-state index contributed by atoms with van der Waals surface area (Å²) in [7, 11) is -3.05. The van der Waals surface area contributed by atoms with E-state index in [-0.39, 0.29) is 23.3 Å². The number of rotatable bonds is 10. The number of benzene rings is 2. The molecular weight excluding hydrogens is 621 g/mol. The zero-order valence-corrected chi connectivity index (χ0v) is 26.8. The van der Waals surface area contributed by atoms with E-state index in [1.54, 1.807) is 0 Å². The van der Waals surface area contributed by atoms with E-state index in [0.29, 0.717) is 17.0 Å². The van der Waals surface area contributed by atoms with Crippen LogP contribution in [0.1, 0.15) is 32.5 Å². The van der Waals surface area contributed by atoms with E-state index in [1.807, 2.05) is 36.4 Å². The fourth-order valence-electron chi connectivity index (χ4n) is 5.79. The second kappa shape index (κ2) is 12.8. The van der Waals surface area contributed by atoms with Gasteiger partial charge in [-0.2, -0.15) is 0 Å². The van der Waals surface area contributed by atoms with Gasteiger partial charge in [0.25, 0.3) is 8.32 Å². The highest BCUT2D eigenvalue weighted by Crippen LogP contribution is 2.38. The van der Waals surface area contributed by atoms with Gasteiger partial charge in [0, 0.05) is 6.20 Å². The van der Waals surface area contributed by atoms with Crippen molar-refractivity contribution in [3.8, 4) is 11.5 Å². The van der Waals surface area contributed by atoms with Crippen molar-refractivity contribution < 1.29 is 18.1 Å². The average Bonchev–Trinajstić information content (AvgIpc) is 3.48. The summed E-state index contributed by atoms with van der Waals surface area (Å²) in [6.45, 7) is 6.41. The lowest BCUT2D eigenvalue weighted by Gasteiger charge is -2.43. The number of imidazole rings is 1. The standard InChI is InChI=1S/C34H31F2N7O3Si/c1-34(2,3)47(25-10-6-4-7-11-25,26-12-8-5-9-13-26)46-22-28(27-16-14-23(35)18-37-27)40-33-30(43(44)45)20-39-32(41-33)29-19-38-31-17-15-24(36)21-42(29)31/h4-21,28H,22H2,1-3H3,(H,39,40,41). The Balaban J connectivity index is 1.45. The Kier molecular flexibility index (Phi) is 8.58. The Morgan fingerprint density at radius 2 is 1.53 bits per heavy atom.